The highest BCUT2D eigenvalue weighted by atomic mass is 16.5. The fourth-order valence-electron chi connectivity index (χ4n) is 1.58. The van der Waals surface area contributed by atoms with E-state index >= 15 is 0 Å². The zero-order chi connectivity index (χ0) is 11.2. The standard InChI is InChI=1S/C12H15NO3/c14-12(13-11-6-7-15-9-11)16-8-10-4-2-1-3-5-10/h1-5,11H,6-9H2,(H,13,14)/t11-/m1/s1. The molecule has 0 saturated carbocycles. The second-order valence-electron chi connectivity index (χ2n) is 3.77. The molecule has 1 aliphatic heterocycles. The summed E-state index contributed by atoms with van der Waals surface area (Å²) in [5.41, 5.74) is 0.986. The summed E-state index contributed by atoms with van der Waals surface area (Å²) >= 11 is 0. The Morgan fingerprint density at radius 1 is 1.44 bits per heavy atom. The van der Waals surface area contributed by atoms with E-state index in [2.05, 4.69) is 5.32 Å². The average Bonchev–Trinajstić information content (AvgIpc) is 2.81. The van der Waals surface area contributed by atoms with E-state index in [4.69, 9.17) is 9.47 Å². The van der Waals surface area contributed by atoms with Crippen molar-refractivity contribution in [2.24, 2.45) is 0 Å². The minimum absolute atomic E-state index is 0.100. The molecule has 1 atom stereocenters. The first kappa shape index (κ1) is 11.0. The lowest BCUT2D eigenvalue weighted by atomic mass is 10.2. The van der Waals surface area contributed by atoms with Crippen molar-refractivity contribution in [1.82, 2.24) is 5.32 Å². The van der Waals surface area contributed by atoms with Gasteiger partial charge in [0.15, 0.2) is 0 Å². The van der Waals surface area contributed by atoms with Gasteiger partial charge in [0, 0.05) is 6.61 Å². The molecule has 1 aliphatic rings. The van der Waals surface area contributed by atoms with Crippen LogP contribution >= 0.6 is 0 Å². The van der Waals surface area contributed by atoms with Crippen LogP contribution in [0.3, 0.4) is 0 Å². The van der Waals surface area contributed by atoms with Crippen molar-refractivity contribution < 1.29 is 14.3 Å². The van der Waals surface area contributed by atoms with Crippen LogP contribution in [0.2, 0.25) is 0 Å². The number of nitrogens with one attached hydrogen (secondary N) is 1. The van der Waals surface area contributed by atoms with Gasteiger partial charge in [-0.2, -0.15) is 0 Å². The van der Waals surface area contributed by atoms with Gasteiger partial charge in [0.1, 0.15) is 6.61 Å². The van der Waals surface area contributed by atoms with Gasteiger partial charge in [0.05, 0.1) is 12.6 Å². The van der Waals surface area contributed by atoms with Crippen molar-refractivity contribution in [2.45, 2.75) is 19.1 Å². The fraction of sp³-hybridized carbons (Fsp3) is 0.417. The van der Waals surface area contributed by atoms with Crippen molar-refractivity contribution >= 4 is 6.09 Å². The molecule has 4 heteroatoms. The van der Waals surface area contributed by atoms with Gasteiger partial charge < -0.3 is 14.8 Å². The minimum Gasteiger partial charge on any atom is -0.445 e. The van der Waals surface area contributed by atoms with E-state index in [-0.39, 0.29) is 12.1 Å². The molecule has 0 radical (unpaired) electrons. The van der Waals surface area contributed by atoms with Gasteiger partial charge in [0.2, 0.25) is 0 Å². The molecule has 1 heterocycles. The molecule has 1 N–H and O–H groups in total. The van der Waals surface area contributed by atoms with E-state index in [1.165, 1.54) is 0 Å². The largest absolute Gasteiger partial charge is 0.445 e. The highest BCUT2D eigenvalue weighted by Crippen LogP contribution is 2.04. The SMILES string of the molecule is O=C(N[C@@H]1CCOC1)OCc1ccccc1. The van der Waals surface area contributed by atoms with Crippen LogP contribution in [-0.2, 0) is 16.1 Å². The maximum atomic E-state index is 11.4. The third-order valence-electron chi connectivity index (χ3n) is 2.46. The lowest BCUT2D eigenvalue weighted by Crippen LogP contribution is -2.35. The summed E-state index contributed by atoms with van der Waals surface area (Å²) < 4.78 is 10.2. The molecule has 86 valence electrons. The summed E-state index contributed by atoms with van der Waals surface area (Å²) in [5.74, 6) is 0. The number of ether oxygens (including phenoxy) is 2. The predicted molar refractivity (Wildman–Crippen MR) is 59.0 cm³/mol. The summed E-state index contributed by atoms with van der Waals surface area (Å²) in [6.45, 7) is 1.60. The summed E-state index contributed by atoms with van der Waals surface area (Å²) in [4.78, 5) is 11.4. The van der Waals surface area contributed by atoms with Crippen molar-refractivity contribution in [3.63, 3.8) is 0 Å². The summed E-state index contributed by atoms with van der Waals surface area (Å²) in [7, 11) is 0. The van der Waals surface area contributed by atoms with Crippen molar-refractivity contribution in [3.8, 4) is 0 Å². The molecule has 1 amide bonds. The summed E-state index contributed by atoms with van der Waals surface area (Å²) in [6.07, 6.45) is 0.486. The van der Waals surface area contributed by atoms with Crippen LogP contribution in [0.1, 0.15) is 12.0 Å². The van der Waals surface area contributed by atoms with E-state index in [0.717, 1.165) is 12.0 Å². The molecule has 4 nitrogen and oxygen atoms in total. The van der Waals surface area contributed by atoms with E-state index < -0.39 is 0 Å². The summed E-state index contributed by atoms with van der Waals surface area (Å²) in [6, 6.07) is 9.71. The van der Waals surface area contributed by atoms with Gasteiger partial charge in [0.25, 0.3) is 0 Å². The second-order valence-corrected chi connectivity index (χ2v) is 3.77. The zero-order valence-corrected chi connectivity index (χ0v) is 9.02. The molecule has 0 spiro atoms. The Bertz CT molecular complexity index is 333. The number of amides is 1. The van der Waals surface area contributed by atoms with E-state index in [9.17, 15) is 4.79 Å². The van der Waals surface area contributed by atoms with E-state index in [0.29, 0.717) is 19.8 Å². The minimum atomic E-state index is -0.376. The second kappa shape index (κ2) is 5.51. The number of benzene rings is 1. The number of hydrogen-bond donors (Lipinski definition) is 1. The predicted octanol–water partition coefficient (Wildman–Crippen LogP) is 1.70. The Balaban J connectivity index is 1.71. The van der Waals surface area contributed by atoms with Gasteiger partial charge >= 0.3 is 6.09 Å². The molecule has 0 bridgehead atoms. The molecule has 1 saturated heterocycles. The van der Waals surface area contributed by atoms with Crippen LogP contribution < -0.4 is 5.32 Å². The lowest BCUT2D eigenvalue weighted by molar-refractivity contribution is 0.132. The van der Waals surface area contributed by atoms with Gasteiger partial charge in [-0.1, -0.05) is 30.3 Å². The Kier molecular flexibility index (Phi) is 3.77. The Hall–Kier alpha value is -1.55. The molecular weight excluding hydrogens is 206 g/mol. The normalized spacial score (nSPS) is 19.4. The first-order chi connectivity index (χ1) is 7.84. The first-order valence-corrected chi connectivity index (χ1v) is 5.39. The number of carbonyl (C=O) groups is 1. The number of rotatable bonds is 3. The quantitative estimate of drug-likeness (QED) is 0.845. The van der Waals surface area contributed by atoms with Gasteiger partial charge in [-0.15, -0.1) is 0 Å². The molecule has 16 heavy (non-hydrogen) atoms. The average molecular weight is 221 g/mol. The summed E-state index contributed by atoms with van der Waals surface area (Å²) in [5, 5.41) is 2.76. The van der Waals surface area contributed by atoms with Crippen molar-refractivity contribution in [3.05, 3.63) is 35.9 Å². The maximum absolute atomic E-state index is 11.4. The molecule has 2 rings (SSSR count). The smallest absolute Gasteiger partial charge is 0.407 e. The van der Waals surface area contributed by atoms with Gasteiger partial charge in [-0.3, -0.25) is 0 Å². The molecule has 0 unspecified atom stereocenters. The number of carbonyl (C=O) groups excluding carboxylic acids is 1. The Morgan fingerprint density at radius 3 is 2.94 bits per heavy atom. The highest BCUT2D eigenvalue weighted by Gasteiger charge is 2.18. The topological polar surface area (TPSA) is 47.6 Å². The van der Waals surface area contributed by atoms with Crippen LogP contribution in [-0.4, -0.2) is 25.3 Å². The lowest BCUT2D eigenvalue weighted by Gasteiger charge is -2.10. The fourth-order valence-corrected chi connectivity index (χ4v) is 1.58. The number of alkyl carbamates (subject to hydrolysis) is 1. The van der Waals surface area contributed by atoms with E-state index in [1.54, 1.807) is 0 Å². The van der Waals surface area contributed by atoms with Gasteiger partial charge in [-0.25, -0.2) is 4.79 Å². The van der Waals surface area contributed by atoms with Gasteiger partial charge in [-0.05, 0) is 12.0 Å². The number of hydrogen-bond acceptors (Lipinski definition) is 3. The van der Waals surface area contributed by atoms with Crippen LogP contribution in [0.4, 0.5) is 4.79 Å². The zero-order valence-electron chi connectivity index (χ0n) is 9.02. The van der Waals surface area contributed by atoms with Crippen LogP contribution in [0.25, 0.3) is 0 Å². The molecular formula is C12H15NO3. The molecule has 1 aromatic rings. The molecule has 0 aromatic heterocycles. The molecule has 1 fully saturated rings. The maximum Gasteiger partial charge on any atom is 0.407 e. The van der Waals surface area contributed by atoms with E-state index in [1.807, 2.05) is 30.3 Å². The molecule has 0 aliphatic carbocycles. The highest BCUT2D eigenvalue weighted by molar-refractivity contribution is 5.67. The third kappa shape index (κ3) is 3.24. The monoisotopic (exact) mass is 221 g/mol. The Morgan fingerprint density at radius 2 is 2.25 bits per heavy atom. The van der Waals surface area contributed by atoms with Crippen LogP contribution in [0.5, 0.6) is 0 Å². The Labute approximate surface area is 94.6 Å². The molecule has 1 aromatic carbocycles. The van der Waals surface area contributed by atoms with Crippen LogP contribution in [0.15, 0.2) is 30.3 Å². The van der Waals surface area contributed by atoms with Crippen molar-refractivity contribution in [1.29, 1.82) is 0 Å². The van der Waals surface area contributed by atoms with Crippen LogP contribution in [0, 0.1) is 0 Å². The third-order valence-corrected chi connectivity index (χ3v) is 2.46. The van der Waals surface area contributed by atoms with Crippen molar-refractivity contribution in [2.75, 3.05) is 13.2 Å². The first-order valence-electron chi connectivity index (χ1n) is 5.39.